The van der Waals surface area contributed by atoms with Crippen LogP contribution >= 0.6 is 15.9 Å². The van der Waals surface area contributed by atoms with Crippen molar-refractivity contribution < 1.29 is 8.78 Å². The van der Waals surface area contributed by atoms with Gasteiger partial charge in [0, 0.05) is 23.2 Å². The molecular weight excluding hydrogens is 316 g/mol. The van der Waals surface area contributed by atoms with E-state index < -0.39 is 11.6 Å². The first-order valence-corrected chi connectivity index (χ1v) is 6.35. The van der Waals surface area contributed by atoms with Gasteiger partial charge in [0.1, 0.15) is 17.5 Å². The fourth-order valence-corrected chi connectivity index (χ4v) is 2.18. The van der Waals surface area contributed by atoms with E-state index in [1.807, 2.05) is 6.07 Å². The number of pyridine rings is 1. The van der Waals surface area contributed by atoms with Crippen LogP contribution in [0.5, 0.6) is 0 Å². The summed E-state index contributed by atoms with van der Waals surface area (Å²) in [5.74, 6) is -0.572. The summed E-state index contributed by atoms with van der Waals surface area (Å²) in [4.78, 5) is 11.5. The third-order valence-electron chi connectivity index (χ3n) is 2.73. The molecule has 0 spiro atoms. The smallest absolute Gasteiger partial charge is 0.177 e. The van der Waals surface area contributed by atoms with Crippen LogP contribution in [-0.2, 0) is 6.42 Å². The Kier molecular flexibility index (Phi) is 3.02. The topological polar surface area (TPSA) is 41.6 Å². The van der Waals surface area contributed by atoms with Gasteiger partial charge < -0.3 is 4.98 Å². The number of hydrogen-bond acceptors (Lipinski definition) is 2. The number of halogens is 3. The molecule has 0 unspecified atom stereocenters. The molecule has 0 bridgehead atoms. The third kappa shape index (κ3) is 2.49. The van der Waals surface area contributed by atoms with Crippen LogP contribution < -0.4 is 0 Å². The molecule has 3 rings (SSSR count). The standard InChI is InChI=1S/C13H8BrF2N3/c14-8-4-11-13(17-6-8)19-12(18-11)3-7-1-2-9(15)5-10(7)16/h1-2,4-6H,3H2,(H,17,18,19). The second-order valence-corrected chi connectivity index (χ2v) is 5.04. The van der Waals surface area contributed by atoms with E-state index in [0.29, 0.717) is 17.0 Å². The van der Waals surface area contributed by atoms with Crippen LogP contribution in [0.2, 0.25) is 0 Å². The van der Waals surface area contributed by atoms with E-state index in [1.54, 1.807) is 6.20 Å². The van der Waals surface area contributed by atoms with Gasteiger partial charge in [0.25, 0.3) is 0 Å². The fourth-order valence-electron chi connectivity index (χ4n) is 1.85. The number of aromatic amines is 1. The van der Waals surface area contributed by atoms with Gasteiger partial charge in [0.05, 0.1) is 5.52 Å². The molecule has 0 amide bonds. The Morgan fingerprint density at radius 3 is 2.84 bits per heavy atom. The number of H-pyrrole nitrogens is 1. The lowest BCUT2D eigenvalue weighted by Crippen LogP contribution is -1.95. The largest absolute Gasteiger partial charge is 0.340 e. The molecule has 0 aliphatic rings. The van der Waals surface area contributed by atoms with Crippen molar-refractivity contribution in [3.8, 4) is 0 Å². The van der Waals surface area contributed by atoms with Gasteiger partial charge in [-0.1, -0.05) is 6.07 Å². The lowest BCUT2D eigenvalue weighted by molar-refractivity contribution is 0.574. The number of benzene rings is 1. The van der Waals surface area contributed by atoms with Crippen LogP contribution in [0.1, 0.15) is 11.4 Å². The van der Waals surface area contributed by atoms with E-state index in [-0.39, 0.29) is 6.42 Å². The van der Waals surface area contributed by atoms with Gasteiger partial charge in [-0.15, -0.1) is 0 Å². The van der Waals surface area contributed by atoms with Crippen LogP contribution in [0.15, 0.2) is 34.9 Å². The van der Waals surface area contributed by atoms with Gasteiger partial charge in [0.15, 0.2) is 5.65 Å². The number of hydrogen-bond donors (Lipinski definition) is 1. The van der Waals surface area contributed by atoms with Crippen LogP contribution in [-0.4, -0.2) is 15.0 Å². The molecule has 3 aromatic rings. The molecule has 96 valence electrons. The van der Waals surface area contributed by atoms with E-state index >= 15 is 0 Å². The molecule has 0 aliphatic heterocycles. The first-order chi connectivity index (χ1) is 9.11. The Morgan fingerprint density at radius 1 is 1.21 bits per heavy atom. The first-order valence-electron chi connectivity index (χ1n) is 5.56. The van der Waals surface area contributed by atoms with Crippen molar-refractivity contribution in [2.45, 2.75) is 6.42 Å². The molecule has 0 saturated heterocycles. The number of imidazole rings is 1. The van der Waals surface area contributed by atoms with E-state index in [9.17, 15) is 8.78 Å². The highest BCUT2D eigenvalue weighted by atomic mass is 79.9. The molecule has 0 saturated carbocycles. The summed E-state index contributed by atoms with van der Waals surface area (Å²) in [6.07, 6.45) is 1.91. The highest BCUT2D eigenvalue weighted by molar-refractivity contribution is 9.10. The van der Waals surface area contributed by atoms with Gasteiger partial charge in [-0.2, -0.15) is 0 Å². The molecule has 6 heteroatoms. The number of aromatic nitrogens is 3. The lowest BCUT2D eigenvalue weighted by atomic mass is 10.1. The van der Waals surface area contributed by atoms with Gasteiger partial charge >= 0.3 is 0 Å². The van der Waals surface area contributed by atoms with E-state index in [4.69, 9.17) is 0 Å². The number of rotatable bonds is 2. The Balaban J connectivity index is 1.96. The summed E-state index contributed by atoms with van der Waals surface area (Å²) in [6, 6.07) is 5.36. The summed E-state index contributed by atoms with van der Waals surface area (Å²) >= 11 is 3.32. The Bertz CT molecular complexity index is 755. The minimum Gasteiger partial charge on any atom is -0.340 e. The molecule has 2 heterocycles. The van der Waals surface area contributed by atoms with E-state index in [2.05, 4.69) is 30.9 Å². The molecule has 1 aromatic carbocycles. The van der Waals surface area contributed by atoms with Crippen LogP contribution in [0.4, 0.5) is 8.78 Å². The van der Waals surface area contributed by atoms with Crippen molar-refractivity contribution in [2.75, 3.05) is 0 Å². The normalized spacial score (nSPS) is 11.1. The van der Waals surface area contributed by atoms with Crippen LogP contribution in [0.3, 0.4) is 0 Å². The van der Waals surface area contributed by atoms with E-state index in [0.717, 1.165) is 16.1 Å². The Labute approximate surface area is 115 Å². The van der Waals surface area contributed by atoms with E-state index in [1.165, 1.54) is 12.1 Å². The van der Waals surface area contributed by atoms with Crippen molar-refractivity contribution in [1.29, 1.82) is 0 Å². The quantitative estimate of drug-likeness (QED) is 0.783. The highest BCUT2D eigenvalue weighted by Gasteiger charge is 2.09. The second-order valence-electron chi connectivity index (χ2n) is 4.12. The predicted octanol–water partition coefficient (Wildman–Crippen LogP) is 3.59. The van der Waals surface area contributed by atoms with Gasteiger partial charge in [-0.3, -0.25) is 0 Å². The molecule has 0 aliphatic carbocycles. The zero-order valence-corrected chi connectivity index (χ0v) is 11.2. The maximum Gasteiger partial charge on any atom is 0.177 e. The second kappa shape index (κ2) is 4.70. The summed E-state index contributed by atoms with van der Waals surface area (Å²) in [5.41, 5.74) is 1.73. The number of nitrogens with zero attached hydrogens (tertiary/aromatic N) is 2. The molecule has 19 heavy (non-hydrogen) atoms. The van der Waals surface area contributed by atoms with Crippen LogP contribution in [0, 0.1) is 11.6 Å². The van der Waals surface area contributed by atoms with Gasteiger partial charge in [-0.25, -0.2) is 18.7 Å². The minimum atomic E-state index is -0.587. The predicted molar refractivity (Wildman–Crippen MR) is 70.8 cm³/mol. The van der Waals surface area contributed by atoms with Gasteiger partial charge in [0.2, 0.25) is 0 Å². The molecule has 2 aromatic heterocycles. The average molecular weight is 324 g/mol. The summed E-state index contributed by atoms with van der Waals surface area (Å²) < 4.78 is 27.2. The Hall–Kier alpha value is -1.82. The maximum absolute atomic E-state index is 13.6. The Morgan fingerprint density at radius 2 is 2.05 bits per heavy atom. The molecule has 0 atom stereocenters. The minimum absolute atomic E-state index is 0.264. The maximum atomic E-state index is 13.6. The molecule has 0 radical (unpaired) electrons. The first kappa shape index (κ1) is 12.2. The van der Waals surface area contributed by atoms with Crippen molar-refractivity contribution in [2.24, 2.45) is 0 Å². The summed E-state index contributed by atoms with van der Waals surface area (Å²) in [6.45, 7) is 0. The molecular formula is C13H8BrF2N3. The summed E-state index contributed by atoms with van der Waals surface area (Å²) in [7, 11) is 0. The van der Waals surface area contributed by atoms with Crippen LogP contribution in [0.25, 0.3) is 11.2 Å². The molecule has 3 nitrogen and oxygen atoms in total. The zero-order valence-electron chi connectivity index (χ0n) is 9.62. The van der Waals surface area contributed by atoms with Crippen molar-refractivity contribution in [1.82, 2.24) is 15.0 Å². The van der Waals surface area contributed by atoms with Crippen molar-refractivity contribution >= 4 is 27.1 Å². The zero-order chi connectivity index (χ0) is 13.4. The average Bonchev–Trinajstić information content (AvgIpc) is 2.74. The van der Waals surface area contributed by atoms with Crippen molar-refractivity contribution in [3.63, 3.8) is 0 Å². The fraction of sp³-hybridized carbons (Fsp3) is 0.0769. The third-order valence-corrected chi connectivity index (χ3v) is 3.16. The lowest BCUT2D eigenvalue weighted by Gasteiger charge is -2.00. The highest BCUT2D eigenvalue weighted by Crippen LogP contribution is 2.18. The monoisotopic (exact) mass is 323 g/mol. The molecule has 0 fully saturated rings. The SMILES string of the molecule is Fc1ccc(Cc2nc3ncc(Br)cc3[nH]2)c(F)c1. The number of nitrogens with one attached hydrogen (secondary N) is 1. The van der Waals surface area contributed by atoms with Crippen molar-refractivity contribution in [3.05, 3.63) is 58.0 Å². The van der Waals surface area contributed by atoms with Gasteiger partial charge in [-0.05, 0) is 33.6 Å². The summed E-state index contributed by atoms with van der Waals surface area (Å²) in [5, 5.41) is 0. The molecule has 1 N–H and O–H groups in total. The number of fused-ring (bicyclic) bond motifs is 1.